The van der Waals surface area contributed by atoms with Gasteiger partial charge in [-0.25, -0.2) is 14.4 Å². The quantitative estimate of drug-likeness (QED) is 0.522. The maximum Gasteiger partial charge on any atom is 0.335 e. The van der Waals surface area contributed by atoms with Crippen LogP contribution in [0.1, 0.15) is 31.1 Å². The Balaban J connectivity index is 0.000000498. The summed E-state index contributed by atoms with van der Waals surface area (Å²) in [7, 11) is 0. The summed E-state index contributed by atoms with van der Waals surface area (Å²) < 4.78 is 0. The van der Waals surface area contributed by atoms with Gasteiger partial charge in [-0.2, -0.15) is 0 Å². The fourth-order valence-corrected chi connectivity index (χ4v) is 1.56. The average Bonchev–Trinajstić information content (AvgIpc) is 2.47. The minimum atomic E-state index is -1.37. The smallest absolute Gasteiger partial charge is 0.335 e. The first-order chi connectivity index (χ1) is 10.7. The van der Waals surface area contributed by atoms with Gasteiger partial charge in [0.25, 0.3) is 0 Å². The fraction of sp³-hybridized carbons (Fsp3) is 0. The van der Waals surface area contributed by atoms with Crippen LogP contribution in [-0.2, 0) is 0 Å². The zero-order chi connectivity index (χ0) is 17.6. The molecule has 24 heavy (non-hydrogen) atoms. The summed E-state index contributed by atoms with van der Waals surface area (Å²) in [6.45, 7) is 0. The van der Waals surface area contributed by atoms with Crippen LogP contribution in [0.4, 0.5) is 11.4 Å². The SMILES string of the molecule is Cl.Nc1cccc(N)c1.O=C(O)c1cc(C(=O)O)cc(C(=O)O)c1. The van der Waals surface area contributed by atoms with Crippen molar-refractivity contribution in [3.8, 4) is 0 Å². The lowest BCUT2D eigenvalue weighted by molar-refractivity contribution is 0.0696. The number of nitrogen functional groups attached to an aromatic ring is 2. The normalized spacial score (nSPS) is 9.00. The summed E-state index contributed by atoms with van der Waals surface area (Å²) in [6, 6.07) is 9.85. The first-order valence-electron chi connectivity index (χ1n) is 6.16. The van der Waals surface area contributed by atoms with Gasteiger partial charge < -0.3 is 26.8 Å². The molecule has 0 fully saturated rings. The number of hydrogen-bond donors (Lipinski definition) is 5. The zero-order valence-electron chi connectivity index (χ0n) is 12.2. The van der Waals surface area contributed by atoms with Crippen molar-refractivity contribution < 1.29 is 29.7 Å². The maximum absolute atomic E-state index is 10.6. The molecule has 2 rings (SSSR count). The fourth-order valence-electron chi connectivity index (χ4n) is 1.56. The average molecular weight is 355 g/mol. The molecule has 2 aromatic carbocycles. The highest BCUT2D eigenvalue weighted by Gasteiger charge is 2.14. The van der Waals surface area contributed by atoms with E-state index in [0.717, 1.165) is 18.2 Å². The Morgan fingerprint density at radius 3 is 1.12 bits per heavy atom. The molecule has 0 aliphatic carbocycles. The Labute approximate surface area is 142 Å². The van der Waals surface area contributed by atoms with Crippen LogP contribution in [0, 0.1) is 0 Å². The molecule has 0 saturated heterocycles. The molecule has 0 aliphatic heterocycles. The van der Waals surface area contributed by atoms with Crippen LogP contribution < -0.4 is 11.5 Å². The van der Waals surface area contributed by atoms with Gasteiger partial charge in [-0.05, 0) is 36.4 Å². The van der Waals surface area contributed by atoms with Crippen molar-refractivity contribution >= 4 is 41.7 Å². The number of nitrogens with two attached hydrogens (primary N) is 2. The largest absolute Gasteiger partial charge is 0.478 e. The lowest BCUT2D eigenvalue weighted by atomic mass is 10.1. The number of carboxylic acid groups (broad SMARTS) is 3. The van der Waals surface area contributed by atoms with Gasteiger partial charge in [-0.3, -0.25) is 0 Å². The van der Waals surface area contributed by atoms with Gasteiger partial charge in [0.2, 0.25) is 0 Å². The molecule has 0 spiro atoms. The molecule has 0 radical (unpaired) electrons. The van der Waals surface area contributed by atoms with E-state index in [1.165, 1.54) is 0 Å². The van der Waals surface area contributed by atoms with Gasteiger partial charge in [0.1, 0.15) is 0 Å². The van der Waals surface area contributed by atoms with Crippen LogP contribution in [0.25, 0.3) is 0 Å². The van der Waals surface area contributed by atoms with E-state index in [1.807, 2.05) is 6.07 Å². The summed E-state index contributed by atoms with van der Waals surface area (Å²) in [4.78, 5) is 31.7. The number of carbonyl (C=O) groups is 3. The third-order valence-electron chi connectivity index (χ3n) is 2.58. The zero-order valence-corrected chi connectivity index (χ0v) is 13.0. The van der Waals surface area contributed by atoms with Crippen molar-refractivity contribution in [2.75, 3.05) is 11.5 Å². The van der Waals surface area contributed by atoms with Crippen molar-refractivity contribution in [1.82, 2.24) is 0 Å². The van der Waals surface area contributed by atoms with E-state index in [0.29, 0.717) is 11.4 Å². The second kappa shape index (κ2) is 9.01. The summed E-state index contributed by atoms with van der Waals surface area (Å²) in [6.07, 6.45) is 0. The molecule has 0 amide bonds. The van der Waals surface area contributed by atoms with Crippen LogP contribution in [0.5, 0.6) is 0 Å². The van der Waals surface area contributed by atoms with Crippen molar-refractivity contribution in [2.24, 2.45) is 0 Å². The van der Waals surface area contributed by atoms with E-state index >= 15 is 0 Å². The monoisotopic (exact) mass is 354 g/mol. The van der Waals surface area contributed by atoms with E-state index < -0.39 is 17.9 Å². The first kappa shape index (κ1) is 20.7. The lowest BCUT2D eigenvalue weighted by Crippen LogP contribution is -2.07. The topological polar surface area (TPSA) is 164 Å². The number of anilines is 2. The molecule has 2 aromatic rings. The van der Waals surface area contributed by atoms with Crippen molar-refractivity contribution in [1.29, 1.82) is 0 Å². The van der Waals surface area contributed by atoms with E-state index in [1.54, 1.807) is 18.2 Å². The molecule has 0 atom stereocenters. The molecule has 9 heteroatoms. The van der Waals surface area contributed by atoms with E-state index in [4.69, 9.17) is 26.8 Å². The minimum Gasteiger partial charge on any atom is -0.478 e. The van der Waals surface area contributed by atoms with Crippen molar-refractivity contribution in [3.05, 3.63) is 59.2 Å². The Hall–Kier alpha value is -3.26. The lowest BCUT2D eigenvalue weighted by Gasteiger charge is -2.00. The first-order valence-corrected chi connectivity index (χ1v) is 6.16. The number of benzene rings is 2. The molecule has 0 bridgehead atoms. The van der Waals surface area contributed by atoms with Crippen LogP contribution >= 0.6 is 12.4 Å². The van der Waals surface area contributed by atoms with Crippen LogP contribution in [0.15, 0.2) is 42.5 Å². The van der Waals surface area contributed by atoms with E-state index in [9.17, 15) is 14.4 Å². The Morgan fingerprint density at radius 2 is 0.958 bits per heavy atom. The molecule has 0 saturated carbocycles. The van der Waals surface area contributed by atoms with Crippen molar-refractivity contribution in [2.45, 2.75) is 0 Å². The molecular weight excluding hydrogens is 340 g/mol. The third kappa shape index (κ3) is 6.24. The highest BCUT2D eigenvalue weighted by molar-refractivity contribution is 5.98. The predicted molar refractivity (Wildman–Crippen MR) is 89.8 cm³/mol. The second-order valence-electron chi connectivity index (χ2n) is 4.38. The van der Waals surface area contributed by atoms with Gasteiger partial charge in [-0.15, -0.1) is 12.4 Å². The Morgan fingerprint density at radius 1 is 0.667 bits per heavy atom. The third-order valence-corrected chi connectivity index (χ3v) is 2.58. The van der Waals surface area contributed by atoms with Crippen LogP contribution in [0.2, 0.25) is 0 Å². The Kier molecular flexibility index (Phi) is 7.79. The van der Waals surface area contributed by atoms with Crippen LogP contribution in [0.3, 0.4) is 0 Å². The molecule has 0 aliphatic rings. The summed E-state index contributed by atoms with van der Waals surface area (Å²) >= 11 is 0. The summed E-state index contributed by atoms with van der Waals surface area (Å²) in [5.41, 5.74) is 11.1. The number of aromatic carboxylic acids is 3. The number of carboxylic acids is 3. The van der Waals surface area contributed by atoms with Gasteiger partial charge in [-0.1, -0.05) is 6.07 Å². The summed E-state index contributed by atoms with van der Waals surface area (Å²) in [5.74, 6) is -4.12. The highest BCUT2D eigenvalue weighted by atomic mass is 35.5. The minimum absolute atomic E-state index is 0. The van der Waals surface area contributed by atoms with E-state index in [2.05, 4.69) is 0 Å². The summed E-state index contributed by atoms with van der Waals surface area (Å²) in [5, 5.41) is 25.8. The molecule has 0 unspecified atom stereocenters. The Bertz CT molecular complexity index is 667. The molecule has 128 valence electrons. The second-order valence-corrected chi connectivity index (χ2v) is 4.38. The molecule has 8 nitrogen and oxygen atoms in total. The molecular formula is C15H15ClN2O6. The molecule has 7 N–H and O–H groups in total. The number of rotatable bonds is 3. The van der Waals surface area contributed by atoms with Gasteiger partial charge >= 0.3 is 17.9 Å². The highest BCUT2D eigenvalue weighted by Crippen LogP contribution is 2.11. The van der Waals surface area contributed by atoms with Gasteiger partial charge in [0.15, 0.2) is 0 Å². The number of halogens is 1. The van der Waals surface area contributed by atoms with Gasteiger partial charge in [0, 0.05) is 11.4 Å². The van der Waals surface area contributed by atoms with E-state index in [-0.39, 0.29) is 29.1 Å². The molecule has 0 aromatic heterocycles. The van der Waals surface area contributed by atoms with Crippen LogP contribution in [-0.4, -0.2) is 33.2 Å². The van der Waals surface area contributed by atoms with Gasteiger partial charge in [0.05, 0.1) is 16.7 Å². The number of hydrogen-bond acceptors (Lipinski definition) is 5. The standard InChI is InChI=1S/C9H6O6.C6H8N2.ClH/c10-7(11)4-1-5(8(12)13)3-6(2-4)9(14)15;7-5-2-1-3-6(8)4-5;/h1-3H,(H,10,11)(H,12,13)(H,14,15);1-4H,7-8H2;1H. The molecule has 0 heterocycles. The van der Waals surface area contributed by atoms with Crippen molar-refractivity contribution in [3.63, 3.8) is 0 Å². The maximum atomic E-state index is 10.6. The predicted octanol–water partition coefficient (Wildman–Crippen LogP) is 2.05.